The van der Waals surface area contributed by atoms with Crippen molar-refractivity contribution in [1.82, 2.24) is 0 Å². The number of benzene rings is 4. The van der Waals surface area contributed by atoms with Crippen LogP contribution in [0.1, 0.15) is 67.5 Å². The van der Waals surface area contributed by atoms with Crippen LogP contribution in [-0.2, 0) is 17.3 Å². The van der Waals surface area contributed by atoms with Crippen LogP contribution in [0.5, 0.6) is 5.75 Å². The van der Waals surface area contributed by atoms with Gasteiger partial charge in [-0.2, -0.15) is 18.4 Å². The minimum Gasteiger partial charge on any atom is -0.465 e. The van der Waals surface area contributed by atoms with Gasteiger partial charge in [0.15, 0.2) is 12.1 Å². The van der Waals surface area contributed by atoms with Crippen molar-refractivity contribution >= 4 is 23.3 Å². The standard InChI is InChI=1S/C38H33F3N2O6/c1-23-7-17-30(31(21-23)26-9-13-28(14-10-26)38(39,40)41)36(46)43-33-18-8-25(22-32(33)35(45)24(2)19-20-42)5-4-6-34(44)49-29-15-11-27(12-16-29)37(47)48-3/h7-19,21-22,34,44H,4-6H2,1-3H3,(H,43,46)/b24-19+. The Morgan fingerprint density at radius 1 is 0.959 bits per heavy atom. The fourth-order valence-electron chi connectivity index (χ4n) is 5.03. The van der Waals surface area contributed by atoms with Gasteiger partial charge >= 0.3 is 12.1 Å². The van der Waals surface area contributed by atoms with Gasteiger partial charge in [-0.25, -0.2) is 4.79 Å². The molecule has 1 atom stereocenters. The first-order valence-corrected chi connectivity index (χ1v) is 15.2. The van der Waals surface area contributed by atoms with Crippen LogP contribution < -0.4 is 10.1 Å². The van der Waals surface area contributed by atoms with Gasteiger partial charge in [0.2, 0.25) is 0 Å². The number of carbonyl (C=O) groups is 3. The van der Waals surface area contributed by atoms with E-state index in [9.17, 15) is 32.7 Å². The van der Waals surface area contributed by atoms with Crippen LogP contribution in [0, 0.1) is 18.3 Å². The van der Waals surface area contributed by atoms with Gasteiger partial charge in [0.1, 0.15) is 5.75 Å². The molecule has 0 aliphatic heterocycles. The van der Waals surface area contributed by atoms with E-state index in [1.807, 2.05) is 6.07 Å². The van der Waals surface area contributed by atoms with Crippen molar-refractivity contribution in [2.24, 2.45) is 0 Å². The van der Waals surface area contributed by atoms with Crippen molar-refractivity contribution in [2.75, 3.05) is 12.4 Å². The van der Waals surface area contributed by atoms with Crippen molar-refractivity contribution in [3.8, 4) is 22.9 Å². The summed E-state index contributed by atoms with van der Waals surface area (Å²) in [5, 5.41) is 22.3. The van der Waals surface area contributed by atoms with Crippen LogP contribution in [0.2, 0.25) is 0 Å². The highest BCUT2D eigenvalue weighted by Gasteiger charge is 2.30. The number of halogens is 3. The predicted octanol–water partition coefficient (Wildman–Crippen LogP) is 8.09. The van der Waals surface area contributed by atoms with Crippen LogP contribution in [0.3, 0.4) is 0 Å². The summed E-state index contributed by atoms with van der Waals surface area (Å²) < 4.78 is 49.7. The van der Waals surface area contributed by atoms with Gasteiger partial charge in [-0.1, -0.05) is 35.9 Å². The van der Waals surface area contributed by atoms with E-state index in [-0.39, 0.29) is 28.8 Å². The Morgan fingerprint density at radius 2 is 1.65 bits per heavy atom. The van der Waals surface area contributed by atoms with Crippen LogP contribution in [0.25, 0.3) is 11.1 Å². The minimum absolute atomic E-state index is 0.139. The SMILES string of the molecule is COC(=O)c1ccc(OC(O)CCCc2ccc(NC(=O)c3ccc(C)cc3-c3ccc(C(F)(F)F)cc3)c(C(=O)/C(C)=C/C#N)c2)cc1. The monoisotopic (exact) mass is 670 g/mol. The smallest absolute Gasteiger partial charge is 0.416 e. The zero-order chi connectivity index (χ0) is 35.7. The first-order valence-electron chi connectivity index (χ1n) is 15.2. The van der Waals surface area contributed by atoms with Gasteiger partial charge in [0, 0.05) is 29.2 Å². The molecule has 0 saturated carbocycles. The molecule has 0 heterocycles. The third-order valence-corrected chi connectivity index (χ3v) is 7.62. The maximum absolute atomic E-state index is 13.6. The molecule has 4 aromatic carbocycles. The van der Waals surface area contributed by atoms with E-state index in [4.69, 9.17) is 10.00 Å². The first-order chi connectivity index (χ1) is 23.3. The van der Waals surface area contributed by atoms with E-state index in [1.54, 1.807) is 55.5 Å². The number of nitrogens with one attached hydrogen (secondary N) is 1. The fraction of sp³-hybridized carbons (Fsp3) is 0.211. The predicted molar refractivity (Wildman–Crippen MR) is 177 cm³/mol. The molecular weight excluding hydrogens is 637 g/mol. The van der Waals surface area contributed by atoms with Gasteiger partial charge in [-0.05, 0) is 98.0 Å². The Bertz CT molecular complexity index is 1910. The fourth-order valence-corrected chi connectivity index (χ4v) is 5.03. The molecule has 49 heavy (non-hydrogen) atoms. The topological polar surface area (TPSA) is 126 Å². The molecule has 4 rings (SSSR count). The number of anilines is 1. The van der Waals surface area contributed by atoms with Gasteiger partial charge in [0.05, 0.1) is 30.0 Å². The number of aliphatic hydroxyl groups excluding tert-OH is 1. The third-order valence-electron chi connectivity index (χ3n) is 7.62. The number of Topliss-reactive ketones (excluding diaryl/α,β-unsaturated/α-hetero) is 1. The summed E-state index contributed by atoms with van der Waals surface area (Å²) in [6, 6.07) is 22.3. The van der Waals surface area contributed by atoms with Crippen LogP contribution >= 0.6 is 0 Å². The number of nitriles is 1. The Kier molecular flexibility index (Phi) is 11.7. The number of hydrogen-bond donors (Lipinski definition) is 2. The van der Waals surface area contributed by atoms with Gasteiger partial charge < -0.3 is 19.9 Å². The summed E-state index contributed by atoms with van der Waals surface area (Å²) in [7, 11) is 1.28. The van der Waals surface area contributed by atoms with Crippen molar-refractivity contribution in [3.63, 3.8) is 0 Å². The molecule has 0 aromatic heterocycles. The molecule has 0 radical (unpaired) electrons. The Labute approximate surface area is 281 Å². The van der Waals surface area contributed by atoms with E-state index in [1.165, 1.54) is 38.3 Å². The number of ketones is 1. The Morgan fingerprint density at radius 3 is 2.29 bits per heavy atom. The molecule has 4 aromatic rings. The molecule has 0 aliphatic rings. The molecule has 1 unspecified atom stereocenters. The van der Waals surface area contributed by atoms with E-state index >= 15 is 0 Å². The zero-order valence-corrected chi connectivity index (χ0v) is 26.9. The highest BCUT2D eigenvalue weighted by atomic mass is 19.4. The molecule has 8 nitrogen and oxygen atoms in total. The first kappa shape index (κ1) is 36.1. The van der Waals surface area contributed by atoms with E-state index < -0.39 is 35.7 Å². The molecule has 0 saturated heterocycles. The van der Waals surface area contributed by atoms with Crippen LogP contribution in [0.4, 0.5) is 18.9 Å². The van der Waals surface area contributed by atoms with E-state index in [0.29, 0.717) is 35.3 Å². The maximum atomic E-state index is 13.6. The quantitative estimate of drug-likeness (QED) is 0.0513. The number of nitrogens with zero attached hydrogens (tertiary/aromatic N) is 1. The second-order valence-electron chi connectivity index (χ2n) is 11.2. The van der Waals surface area contributed by atoms with Crippen molar-refractivity contribution in [2.45, 2.75) is 45.6 Å². The maximum Gasteiger partial charge on any atom is 0.416 e. The molecule has 11 heteroatoms. The number of rotatable bonds is 12. The Hall–Kier alpha value is -5.73. The number of methoxy groups -OCH3 is 1. The summed E-state index contributed by atoms with van der Waals surface area (Å²) in [5.74, 6) is -1.20. The molecular formula is C38H33F3N2O6. The average Bonchev–Trinajstić information content (AvgIpc) is 3.08. The molecule has 0 spiro atoms. The summed E-state index contributed by atoms with van der Waals surface area (Å²) in [6.07, 6.45) is -3.39. The number of aliphatic hydroxyl groups is 1. The number of aryl methyl sites for hydroxylation is 2. The Balaban J connectivity index is 1.52. The number of carbonyl (C=O) groups excluding carboxylic acids is 3. The lowest BCUT2D eigenvalue weighted by atomic mass is 9.95. The van der Waals surface area contributed by atoms with Crippen LogP contribution in [-0.4, -0.2) is 36.2 Å². The zero-order valence-electron chi connectivity index (χ0n) is 26.9. The molecule has 252 valence electrons. The van der Waals surface area contributed by atoms with Crippen molar-refractivity contribution in [3.05, 3.63) is 130 Å². The number of alkyl halides is 3. The van der Waals surface area contributed by atoms with Crippen molar-refractivity contribution < 1.29 is 42.1 Å². The van der Waals surface area contributed by atoms with Gasteiger partial charge in [-0.15, -0.1) is 0 Å². The molecule has 0 bridgehead atoms. The second-order valence-corrected chi connectivity index (χ2v) is 11.2. The lowest BCUT2D eigenvalue weighted by Gasteiger charge is -2.16. The molecule has 0 aliphatic carbocycles. The molecule has 0 fully saturated rings. The highest BCUT2D eigenvalue weighted by molar-refractivity contribution is 6.16. The number of amides is 1. The minimum atomic E-state index is -4.51. The number of allylic oxidation sites excluding steroid dienone is 2. The summed E-state index contributed by atoms with van der Waals surface area (Å²) >= 11 is 0. The number of ether oxygens (including phenoxy) is 2. The summed E-state index contributed by atoms with van der Waals surface area (Å²) in [4.78, 5) is 38.6. The second kappa shape index (κ2) is 15.9. The van der Waals surface area contributed by atoms with Gasteiger partial charge in [-0.3, -0.25) is 9.59 Å². The summed E-state index contributed by atoms with van der Waals surface area (Å²) in [5.41, 5.74) is 2.52. The largest absolute Gasteiger partial charge is 0.465 e. The highest BCUT2D eigenvalue weighted by Crippen LogP contribution is 2.33. The lowest BCUT2D eigenvalue weighted by Crippen LogP contribution is -2.17. The third kappa shape index (κ3) is 9.43. The van der Waals surface area contributed by atoms with E-state index in [0.717, 1.165) is 29.3 Å². The number of hydrogen-bond acceptors (Lipinski definition) is 7. The van der Waals surface area contributed by atoms with Crippen molar-refractivity contribution in [1.29, 1.82) is 5.26 Å². The lowest BCUT2D eigenvalue weighted by molar-refractivity contribution is -0.137. The molecule has 2 N–H and O–H groups in total. The normalized spacial score (nSPS) is 12.1. The average molecular weight is 671 g/mol. The van der Waals surface area contributed by atoms with Crippen LogP contribution in [0.15, 0.2) is 96.6 Å². The van der Waals surface area contributed by atoms with Gasteiger partial charge in [0.25, 0.3) is 5.91 Å². The summed E-state index contributed by atoms with van der Waals surface area (Å²) in [6.45, 7) is 3.28. The van der Waals surface area contributed by atoms with E-state index in [2.05, 4.69) is 10.1 Å². The number of esters is 1. The molecule has 1 amide bonds.